The number of aliphatic hydroxyl groups excluding tert-OH is 1. The summed E-state index contributed by atoms with van der Waals surface area (Å²) in [6.45, 7) is 1.68. The molecule has 0 saturated carbocycles. The van der Waals surface area contributed by atoms with Crippen LogP contribution in [0.1, 0.15) is 36.0 Å². The van der Waals surface area contributed by atoms with Crippen LogP contribution < -0.4 is 20.7 Å². The number of carbonyl (C=O) groups excluding carboxylic acids is 1. The molecule has 2 heterocycles. The maximum absolute atomic E-state index is 13.8. The summed E-state index contributed by atoms with van der Waals surface area (Å²) in [5.41, 5.74) is 1.56. The fraction of sp³-hybridized carbons (Fsp3) is 0.353. The second-order valence-electron chi connectivity index (χ2n) is 11.4. The van der Waals surface area contributed by atoms with E-state index in [1.54, 1.807) is 47.5 Å². The number of alkyl halides is 3. The Balaban J connectivity index is 0.996. The number of aromatic nitrogens is 2. The van der Waals surface area contributed by atoms with Gasteiger partial charge in [0.1, 0.15) is 17.7 Å². The molecule has 1 aliphatic rings. The van der Waals surface area contributed by atoms with E-state index in [-0.39, 0.29) is 29.9 Å². The number of aromatic hydroxyl groups is 1. The molecular weight excluding hydrogens is 613 g/mol. The number of hydrogen-bond donors (Lipinski definition) is 5. The number of phenolic OH excluding ortho intramolecular Hbond substituents is 1. The minimum Gasteiger partial charge on any atom is -0.508 e. The van der Waals surface area contributed by atoms with E-state index in [4.69, 9.17) is 4.74 Å². The zero-order valence-corrected chi connectivity index (χ0v) is 25.8. The van der Waals surface area contributed by atoms with Crippen molar-refractivity contribution in [2.75, 3.05) is 31.6 Å². The zero-order valence-electron chi connectivity index (χ0n) is 25.8. The number of urea groups is 1. The second kappa shape index (κ2) is 15.7. The van der Waals surface area contributed by atoms with Gasteiger partial charge in [-0.15, -0.1) is 0 Å². The van der Waals surface area contributed by atoms with Gasteiger partial charge in [0, 0.05) is 56.7 Å². The van der Waals surface area contributed by atoms with Gasteiger partial charge in [-0.3, -0.25) is 5.32 Å². The summed E-state index contributed by atoms with van der Waals surface area (Å²) in [7, 11) is 0. The molecule has 2 amide bonds. The molecular formula is C34H39F3N6O4. The van der Waals surface area contributed by atoms with Gasteiger partial charge in [0.25, 0.3) is 0 Å². The third-order valence-corrected chi connectivity index (χ3v) is 8.00. The van der Waals surface area contributed by atoms with Crippen LogP contribution in [0.15, 0.2) is 85.2 Å². The first-order chi connectivity index (χ1) is 22.6. The smallest absolute Gasteiger partial charge is 0.416 e. The first kappa shape index (κ1) is 33.6. The average Bonchev–Trinajstić information content (AvgIpc) is 3.61. The number of aliphatic hydroxyl groups is 1. The molecule has 1 unspecified atom stereocenters. The predicted octanol–water partition coefficient (Wildman–Crippen LogP) is 5.30. The molecule has 1 aliphatic heterocycles. The van der Waals surface area contributed by atoms with Crippen molar-refractivity contribution < 1.29 is 32.9 Å². The quantitative estimate of drug-likeness (QED) is 0.124. The highest BCUT2D eigenvalue weighted by Gasteiger charge is 2.34. The lowest BCUT2D eigenvalue weighted by Gasteiger charge is -2.33. The van der Waals surface area contributed by atoms with Crippen molar-refractivity contribution in [3.63, 3.8) is 0 Å². The fourth-order valence-electron chi connectivity index (χ4n) is 5.38. The summed E-state index contributed by atoms with van der Waals surface area (Å²) in [5, 5.41) is 32.7. The maximum Gasteiger partial charge on any atom is 0.416 e. The summed E-state index contributed by atoms with van der Waals surface area (Å²) in [5.74, 6) is 0.801. The van der Waals surface area contributed by atoms with Gasteiger partial charge < -0.3 is 30.5 Å². The Morgan fingerprint density at radius 2 is 1.79 bits per heavy atom. The standard InChI is InChI=1S/C34H39F3N6O4/c35-34(36,37)31-22-28(43-18-1-16-40-43)7-4-25(31)23-39-33(46)42-19-13-27(14-20-42)41-26-5-2-24(3-6-26)12-17-38-32(45)15-21-47-30-10-8-29(44)9-11-30/h1-11,16,18,22,27,32,38,41,44-45H,12-15,17,19-21,23H2,(H,39,46). The number of benzene rings is 3. The van der Waals surface area contributed by atoms with Crippen LogP contribution in [0.3, 0.4) is 0 Å². The monoisotopic (exact) mass is 652 g/mol. The molecule has 0 radical (unpaired) electrons. The number of hydrogen-bond acceptors (Lipinski definition) is 7. The fourth-order valence-corrected chi connectivity index (χ4v) is 5.38. The van der Waals surface area contributed by atoms with Crippen molar-refractivity contribution in [3.8, 4) is 17.2 Å². The summed E-state index contributed by atoms with van der Waals surface area (Å²) in [6.07, 6.45) is 0.369. The third-order valence-electron chi connectivity index (χ3n) is 8.00. The molecule has 13 heteroatoms. The SMILES string of the molecule is O=C(NCc1ccc(-n2cccn2)cc1C(F)(F)F)N1CCC(Nc2ccc(CCNC(O)CCOc3ccc(O)cc3)cc2)CC1. The Hall–Kier alpha value is -4.75. The molecule has 1 atom stereocenters. The first-order valence-corrected chi connectivity index (χ1v) is 15.6. The lowest BCUT2D eigenvalue weighted by atomic mass is 10.0. The van der Waals surface area contributed by atoms with Crippen molar-refractivity contribution in [2.24, 2.45) is 0 Å². The molecule has 10 nitrogen and oxygen atoms in total. The summed E-state index contributed by atoms with van der Waals surface area (Å²) in [6, 6.07) is 19.9. The normalized spacial score (nSPS) is 14.5. The lowest BCUT2D eigenvalue weighted by molar-refractivity contribution is -0.138. The molecule has 5 rings (SSSR count). The van der Waals surface area contributed by atoms with Gasteiger partial charge in [0.05, 0.1) is 17.9 Å². The van der Waals surface area contributed by atoms with Gasteiger partial charge in [-0.25, -0.2) is 9.48 Å². The molecule has 47 heavy (non-hydrogen) atoms. The number of carbonyl (C=O) groups is 1. The van der Waals surface area contributed by atoms with E-state index in [2.05, 4.69) is 21.0 Å². The molecule has 0 bridgehead atoms. The number of rotatable bonds is 13. The first-order valence-electron chi connectivity index (χ1n) is 15.6. The molecule has 5 N–H and O–H groups in total. The van der Waals surface area contributed by atoms with Gasteiger partial charge in [0.15, 0.2) is 0 Å². The highest BCUT2D eigenvalue weighted by molar-refractivity contribution is 5.74. The average molecular weight is 653 g/mol. The lowest BCUT2D eigenvalue weighted by Crippen LogP contribution is -2.46. The summed E-state index contributed by atoms with van der Waals surface area (Å²) in [4.78, 5) is 14.4. The Bertz CT molecular complexity index is 1560. The topological polar surface area (TPSA) is 124 Å². The number of phenols is 1. The number of anilines is 1. The number of piperidine rings is 1. The molecule has 1 fully saturated rings. The Kier molecular flexibility index (Phi) is 11.2. The number of ether oxygens (including phenoxy) is 1. The van der Waals surface area contributed by atoms with E-state index in [0.717, 1.165) is 23.7 Å². The molecule has 1 saturated heterocycles. The van der Waals surface area contributed by atoms with Crippen molar-refractivity contribution in [3.05, 3.63) is 102 Å². The van der Waals surface area contributed by atoms with Crippen LogP contribution in [0.2, 0.25) is 0 Å². The number of amides is 2. The Labute approximate surface area is 271 Å². The van der Waals surface area contributed by atoms with Crippen LogP contribution >= 0.6 is 0 Å². The second-order valence-corrected chi connectivity index (χ2v) is 11.4. The molecule has 3 aromatic carbocycles. The molecule has 4 aromatic rings. The van der Waals surface area contributed by atoms with Crippen LogP contribution in [0.5, 0.6) is 11.5 Å². The van der Waals surface area contributed by atoms with Gasteiger partial charge in [-0.05, 0) is 85.0 Å². The van der Waals surface area contributed by atoms with Gasteiger partial charge in [0.2, 0.25) is 0 Å². The van der Waals surface area contributed by atoms with Crippen LogP contribution in [0.25, 0.3) is 5.69 Å². The number of likely N-dealkylation sites (tertiary alicyclic amines) is 1. The molecule has 1 aromatic heterocycles. The zero-order chi connectivity index (χ0) is 33.2. The van der Waals surface area contributed by atoms with E-state index in [0.29, 0.717) is 56.9 Å². The van der Waals surface area contributed by atoms with Crippen LogP contribution in [-0.4, -0.2) is 69.4 Å². The van der Waals surface area contributed by atoms with Crippen molar-refractivity contribution in [2.45, 2.75) is 50.7 Å². The highest BCUT2D eigenvalue weighted by Crippen LogP contribution is 2.33. The molecule has 250 valence electrons. The maximum atomic E-state index is 13.8. The Morgan fingerprint density at radius 3 is 2.47 bits per heavy atom. The minimum absolute atomic E-state index is 0.00899. The van der Waals surface area contributed by atoms with Crippen LogP contribution in [0, 0.1) is 0 Å². The van der Waals surface area contributed by atoms with Crippen molar-refractivity contribution in [1.29, 1.82) is 0 Å². The summed E-state index contributed by atoms with van der Waals surface area (Å²) < 4.78 is 48.3. The number of nitrogens with one attached hydrogen (secondary N) is 3. The van der Waals surface area contributed by atoms with Gasteiger partial charge in [-0.2, -0.15) is 18.3 Å². The van der Waals surface area contributed by atoms with E-state index < -0.39 is 18.0 Å². The van der Waals surface area contributed by atoms with E-state index in [9.17, 15) is 28.2 Å². The highest BCUT2D eigenvalue weighted by atomic mass is 19.4. The summed E-state index contributed by atoms with van der Waals surface area (Å²) >= 11 is 0. The largest absolute Gasteiger partial charge is 0.508 e. The molecule has 0 spiro atoms. The van der Waals surface area contributed by atoms with Crippen molar-refractivity contribution >= 4 is 11.7 Å². The minimum atomic E-state index is -4.57. The van der Waals surface area contributed by atoms with E-state index in [1.165, 1.54) is 16.9 Å². The van der Waals surface area contributed by atoms with Crippen LogP contribution in [-0.2, 0) is 19.1 Å². The number of nitrogens with zero attached hydrogens (tertiary/aromatic N) is 3. The van der Waals surface area contributed by atoms with Crippen LogP contribution in [0.4, 0.5) is 23.7 Å². The Morgan fingerprint density at radius 1 is 1.04 bits per heavy atom. The van der Waals surface area contributed by atoms with Gasteiger partial charge in [-0.1, -0.05) is 18.2 Å². The van der Waals surface area contributed by atoms with E-state index >= 15 is 0 Å². The number of halogens is 3. The van der Waals surface area contributed by atoms with Gasteiger partial charge >= 0.3 is 12.2 Å². The van der Waals surface area contributed by atoms with Crippen molar-refractivity contribution in [1.82, 2.24) is 25.3 Å². The van der Waals surface area contributed by atoms with E-state index in [1.807, 2.05) is 24.3 Å². The predicted molar refractivity (Wildman–Crippen MR) is 171 cm³/mol. The third kappa shape index (κ3) is 9.87. The molecule has 0 aliphatic carbocycles.